The van der Waals surface area contributed by atoms with E-state index in [-0.39, 0.29) is 5.91 Å². The molecule has 0 aromatic rings. The highest BCUT2D eigenvalue weighted by atomic mass is 16.2. The molecule has 0 radical (unpaired) electrons. The monoisotopic (exact) mass is 238 g/mol. The van der Waals surface area contributed by atoms with Gasteiger partial charge in [0.15, 0.2) is 0 Å². The van der Waals surface area contributed by atoms with Crippen LogP contribution < -0.4 is 5.73 Å². The predicted octanol–water partition coefficient (Wildman–Crippen LogP) is 2.46. The molecule has 0 aromatic carbocycles. The summed E-state index contributed by atoms with van der Waals surface area (Å²) >= 11 is 0. The van der Waals surface area contributed by atoms with Crippen molar-refractivity contribution in [3.05, 3.63) is 12.7 Å². The van der Waals surface area contributed by atoms with Crippen LogP contribution >= 0.6 is 0 Å². The molecule has 3 heteroatoms. The van der Waals surface area contributed by atoms with E-state index in [4.69, 9.17) is 5.73 Å². The first-order chi connectivity index (χ1) is 8.09. The second-order valence-electron chi connectivity index (χ2n) is 5.05. The Morgan fingerprint density at radius 2 is 1.94 bits per heavy atom. The van der Waals surface area contributed by atoms with E-state index in [0.717, 1.165) is 12.8 Å². The van der Waals surface area contributed by atoms with Gasteiger partial charge in [-0.15, -0.1) is 6.58 Å². The number of nitrogens with zero attached hydrogens (tertiary/aromatic N) is 1. The highest BCUT2D eigenvalue weighted by molar-refractivity contribution is 5.86. The Morgan fingerprint density at radius 1 is 1.41 bits per heavy atom. The summed E-state index contributed by atoms with van der Waals surface area (Å²) in [7, 11) is 0. The molecule has 0 unspecified atom stereocenters. The van der Waals surface area contributed by atoms with Crippen LogP contribution in [0.5, 0.6) is 0 Å². The van der Waals surface area contributed by atoms with Gasteiger partial charge in [-0.05, 0) is 25.7 Å². The topological polar surface area (TPSA) is 46.3 Å². The number of amides is 1. The maximum Gasteiger partial charge on any atom is 0.243 e. The molecule has 0 bridgehead atoms. The van der Waals surface area contributed by atoms with Gasteiger partial charge in [-0.1, -0.05) is 32.8 Å². The Bertz CT molecular complexity index is 265. The zero-order valence-corrected chi connectivity index (χ0v) is 11.2. The zero-order chi connectivity index (χ0) is 12.9. The van der Waals surface area contributed by atoms with E-state index in [1.165, 1.54) is 12.8 Å². The van der Waals surface area contributed by atoms with Crippen molar-refractivity contribution in [2.75, 3.05) is 6.54 Å². The zero-order valence-electron chi connectivity index (χ0n) is 11.2. The first kappa shape index (κ1) is 14.2. The van der Waals surface area contributed by atoms with Crippen LogP contribution in [0.2, 0.25) is 0 Å². The molecule has 1 rings (SSSR count). The first-order valence-corrected chi connectivity index (χ1v) is 6.80. The van der Waals surface area contributed by atoms with Crippen LogP contribution in [0.15, 0.2) is 12.7 Å². The average Bonchev–Trinajstić information content (AvgIpc) is 2.87. The largest absolute Gasteiger partial charge is 0.334 e. The standard InChI is InChI=1S/C14H26N2O/c1-4-11-16(12-9-7-8-10-12)13(17)14(15,5-2)6-3/h4,12H,1,5-11,15H2,2-3H3. The van der Waals surface area contributed by atoms with Crippen LogP contribution in [0.3, 0.4) is 0 Å². The van der Waals surface area contributed by atoms with E-state index in [1.807, 2.05) is 24.8 Å². The molecule has 3 nitrogen and oxygen atoms in total. The SMILES string of the molecule is C=CCN(C(=O)C(N)(CC)CC)C1CCCC1. The van der Waals surface area contributed by atoms with Crippen molar-refractivity contribution in [2.45, 2.75) is 64.0 Å². The third-order valence-electron chi connectivity index (χ3n) is 4.04. The van der Waals surface area contributed by atoms with Crippen LogP contribution in [0.25, 0.3) is 0 Å². The molecule has 0 spiro atoms. The molecule has 0 heterocycles. The molecule has 0 atom stereocenters. The summed E-state index contributed by atoms with van der Waals surface area (Å²) in [6, 6.07) is 0.376. The van der Waals surface area contributed by atoms with Crippen molar-refractivity contribution in [1.82, 2.24) is 4.90 Å². The summed E-state index contributed by atoms with van der Waals surface area (Å²) in [4.78, 5) is 14.5. The summed E-state index contributed by atoms with van der Waals surface area (Å²) in [6.45, 7) is 8.36. The molecule has 17 heavy (non-hydrogen) atoms. The second-order valence-corrected chi connectivity index (χ2v) is 5.05. The Morgan fingerprint density at radius 3 is 2.35 bits per heavy atom. The summed E-state index contributed by atoms with van der Waals surface area (Å²) in [5.41, 5.74) is 5.52. The minimum Gasteiger partial charge on any atom is -0.334 e. The maximum absolute atomic E-state index is 12.6. The lowest BCUT2D eigenvalue weighted by molar-refractivity contribution is -0.139. The fraction of sp³-hybridized carbons (Fsp3) is 0.786. The molecular weight excluding hydrogens is 212 g/mol. The van der Waals surface area contributed by atoms with Crippen molar-refractivity contribution in [1.29, 1.82) is 0 Å². The van der Waals surface area contributed by atoms with Crippen molar-refractivity contribution in [3.63, 3.8) is 0 Å². The Labute approximate surface area is 105 Å². The van der Waals surface area contributed by atoms with Crippen molar-refractivity contribution in [2.24, 2.45) is 5.73 Å². The van der Waals surface area contributed by atoms with Crippen molar-refractivity contribution >= 4 is 5.91 Å². The lowest BCUT2D eigenvalue weighted by Gasteiger charge is -2.36. The summed E-state index contributed by atoms with van der Waals surface area (Å²) in [5, 5.41) is 0. The number of hydrogen-bond acceptors (Lipinski definition) is 2. The Hall–Kier alpha value is -0.830. The van der Waals surface area contributed by atoms with E-state index >= 15 is 0 Å². The smallest absolute Gasteiger partial charge is 0.243 e. The van der Waals surface area contributed by atoms with Gasteiger partial charge >= 0.3 is 0 Å². The minimum absolute atomic E-state index is 0.106. The van der Waals surface area contributed by atoms with Gasteiger partial charge in [-0.2, -0.15) is 0 Å². The van der Waals surface area contributed by atoms with Gasteiger partial charge in [0.2, 0.25) is 5.91 Å². The molecule has 1 saturated carbocycles. The lowest BCUT2D eigenvalue weighted by atomic mass is 9.91. The van der Waals surface area contributed by atoms with Gasteiger partial charge in [0.25, 0.3) is 0 Å². The molecule has 0 saturated heterocycles. The van der Waals surface area contributed by atoms with Gasteiger partial charge in [-0.3, -0.25) is 4.79 Å². The molecule has 1 fully saturated rings. The molecule has 1 amide bonds. The Kier molecular flexibility index (Phi) is 5.19. The second kappa shape index (κ2) is 6.20. The minimum atomic E-state index is -0.689. The fourth-order valence-corrected chi connectivity index (χ4v) is 2.59. The highest BCUT2D eigenvalue weighted by Gasteiger charge is 2.37. The third kappa shape index (κ3) is 3.09. The maximum atomic E-state index is 12.6. The molecule has 98 valence electrons. The summed E-state index contributed by atoms with van der Waals surface area (Å²) in [6.07, 6.45) is 7.88. The Balaban J connectivity index is 2.81. The van der Waals surface area contributed by atoms with Crippen LogP contribution in [-0.2, 0) is 4.79 Å². The van der Waals surface area contributed by atoms with E-state index in [1.54, 1.807) is 0 Å². The number of hydrogen-bond donors (Lipinski definition) is 1. The van der Waals surface area contributed by atoms with Crippen molar-refractivity contribution in [3.8, 4) is 0 Å². The number of carbonyl (C=O) groups is 1. The quantitative estimate of drug-likeness (QED) is 0.723. The normalized spacial score (nSPS) is 17.1. The molecule has 1 aliphatic carbocycles. The summed E-state index contributed by atoms with van der Waals surface area (Å²) < 4.78 is 0. The van der Waals surface area contributed by atoms with E-state index in [9.17, 15) is 4.79 Å². The van der Waals surface area contributed by atoms with E-state index in [2.05, 4.69) is 6.58 Å². The van der Waals surface area contributed by atoms with Gasteiger partial charge < -0.3 is 10.6 Å². The van der Waals surface area contributed by atoms with Gasteiger partial charge in [-0.25, -0.2) is 0 Å². The van der Waals surface area contributed by atoms with E-state index in [0.29, 0.717) is 25.4 Å². The summed E-state index contributed by atoms with van der Waals surface area (Å²) in [5.74, 6) is 0.106. The van der Waals surface area contributed by atoms with Gasteiger partial charge in [0.1, 0.15) is 0 Å². The molecule has 0 aromatic heterocycles. The van der Waals surface area contributed by atoms with Crippen molar-refractivity contribution < 1.29 is 4.79 Å². The molecule has 2 N–H and O–H groups in total. The van der Waals surface area contributed by atoms with Crippen LogP contribution in [0, 0.1) is 0 Å². The van der Waals surface area contributed by atoms with Crippen LogP contribution in [-0.4, -0.2) is 28.9 Å². The number of nitrogens with two attached hydrogens (primary N) is 1. The van der Waals surface area contributed by atoms with Gasteiger partial charge in [0, 0.05) is 12.6 Å². The first-order valence-electron chi connectivity index (χ1n) is 6.80. The van der Waals surface area contributed by atoms with E-state index < -0.39 is 5.54 Å². The number of carbonyl (C=O) groups excluding carboxylic acids is 1. The molecule has 1 aliphatic rings. The highest BCUT2D eigenvalue weighted by Crippen LogP contribution is 2.26. The predicted molar refractivity (Wildman–Crippen MR) is 71.7 cm³/mol. The van der Waals surface area contributed by atoms with Gasteiger partial charge in [0.05, 0.1) is 5.54 Å². The lowest BCUT2D eigenvalue weighted by Crippen LogP contribution is -2.56. The average molecular weight is 238 g/mol. The third-order valence-corrected chi connectivity index (χ3v) is 4.04. The van der Waals surface area contributed by atoms with Crippen LogP contribution in [0.4, 0.5) is 0 Å². The van der Waals surface area contributed by atoms with Crippen LogP contribution in [0.1, 0.15) is 52.4 Å². The molecular formula is C14H26N2O. The fourth-order valence-electron chi connectivity index (χ4n) is 2.59. The number of rotatable bonds is 6. The molecule has 0 aliphatic heterocycles.